The van der Waals surface area contributed by atoms with Crippen LogP contribution in [0, 0.1) is 11.8 Å². The van der Waals surface area contributed by atoms with Crippen molar-refractivity contribution in [3.63, 3.8) is 0 Å². The van der Waals surface area contributed by atoms with Crippen LogP contribution in [0.5, 0.6) is 0 Å². The first-order chi connectivity index (χ1) is 58.1. The van der Waals surface area contributed by atoms with Gasteiger partial charge in [0.1, 0.15) is 0 Å². The molecule has 16 N–H and O–H groups in total. The van der Waals surface area contributed by atoms with E-state index in [-0.39, 0.29) is 54.8 Å². The van der Waals surface area contributed by atoms with Crippen molar-refractivity contribution in [3.05, 3.63) is 205 Å². The number of nitrogens with zero attached hydrogens (tertiary/aromatic N) is 16. The van der Waals surface area contributed by atoms with Gasteiger partial charge in [-0.3, -0.25) is 9.69 Å². The molecule has 2 atom stereocenters. The number of hydrogen-bond acceptors (Lipinski definition) is 28. The van der Waals surface area contributed by atoms with Crippen molar-refractivity contribution in [3.8, 4) is 90.1 Å². The van der Waals surface area contributed by atoms with Gasteiger partial charge in [-0.25, -0.2) is 54.2 Å². The molecule has 121 heavy (non-hydrogen) atoms. The number of likely N-dealkylation sites (N-methyl/N-ethyl adjacent to an activating group) is 1. The maximum absolute atomic E-state index is 12.1. The fraction of sp³-hybridized carbons (Fsp3) is 0.312. The van der Waals surface area contributed by atoms with Crippen LogP contribution >= 0.6 is 0 Å². The summed E-state index contributed by atoms with van der Waals surface area (Å²) in [5.41, 5.74) is 11.8. The number of carbonyl (C=O) groups excluding carboxylic acids is 1. The van der Waals surface area contributed by atoms with Gasteiger partial charge < -0.3 is 36.0 Å². The van der Waals surface area contributed by atoms with Gasteiger partial charge in [0, 0.05) is 77.8 Å². The predicted octanol–water partition coefficient (Wildman–Crippen LogP) is 5.52. The van der Waals surface area contributed by atoms with Crippen LogP contribution in [-0.4, -0.2) is 220 Å². The molecule has 4 aliphatic rings. The molecule has 8 aromatic carbocycles. The van der Waals surface area contributed by atoms with Gasteiger partial charge in [-0.15, -0.1) is 40.8 Å². The number of benzene rings is 8. The van der Waals surface area contributed by atoms with Crippen molar-refractivity contribution in [2.75, 3.05) is 66.1 Å². The van der Waals surface area contributed by atoms with Crippen molar-refractivity contribution in [2.24, 2.45) is 32.4 Å². The number of aromatic amines is 4. The topological polar surface area (TPSA) is 537 Å². The first-order valence-corrected chi connectivity index (χ1v) is 45.3. The monoisotopic (exact) mass is 1720 g/mol. The highest BCUT2D eigenvalue weighted by Crippen LogP contribution is 2.40. The van der Waals surface area contributed by atoms with E-state index in [1.807, 2.05) is 116 Å². The Morgan fingerprint density at radius 2 is 0.826 bits per heavy atom. The highest BCUT2D eigenvalue weighted by Gasteiger charge is 2.31. The Hall–Kier alpha value is -11.7. The van der Waals surface area contributed by atoms with Crippen LogP contribution in [0.25, 0.3) is 90.1 Å². The van der Waals surface area contributed by atoms with Crippen LogP contribution in [0.4, 0.5) is 0 Å². The molecule has 4 aliphatic heterocycles. The summed E-state index contributed by atoms with van der Waals surface area (Å²) in [7, 11) is -14.1. The molecule has 0 aliphatic carbocycles. The van der Waals surface area contributed by atoms with Crippen LogP contribution in [0.15, 0.2) is 202 Å². The number of aromatic nitrogens is 16. The van der Waals surface area contributed by atoms with E-state index in [0.717, 1.165) is 124 Å². The molecular weight excluding hydrogens is 1630 g/mol. The molecule has 1 amide bonds. The second kappa shape index (κ2) is 39.2. The number of nitrogens with one attached hydrogen (secondary N) is 8. The Bertz CT molecular complexity index is 5970. The number of sulfonamides is 4. The number of piperidine rings is 1. The summed E-state index contributed by atoms with van der Waals surface area (Å²) >= 11 is 0. The number of tetrazole rings is 4. The molecule has 2 unspecified atom stereocenters. The molecule has 41 heteroatoms. The van der Waals surface area contributed by atoms with Crippen LogP contribution in [0.1, 0.15) is 68.7 Å². The Morgan fingerprint density at radius 3 is 1.15 bits per heavy atom. The lowest BCUT2D eigenvalue weighted by molar-refractivity contribution is -0.128. The number of nitrogens with two attached hydrogens (primary N) is 4. The normalized spacial score (nSPS) is 16.0. The minimum atomic E-state index is -3.99. The van der Waals surface area contributed by atoms with Gasteiger partial charge in [-0.05, 0) is 176 Å². The lowest BCUT2D eigenvalue weighted by Crippen LogP contribution is -2.42. The van der Waals surface area contributed by atoms with Crippen molar-refractivity contribution in [1.29, 1.82) is 0 Å². The minimum absolute atomic E-state index is 0.0257. The summed E-state index contributed by atoms with van der Waals surface area (Å²) in [6.45, 7) is 18.9. The summed E-state index contributed by atoms with van der Waals surface area (Å²) < 4.78 is 97.0. The zero-order valence-corrected chi connectivity index (χ0v) is 70.2. The van der Waals surface area contributed by atoms with Crippen molar-refractivity contribution in [2.45, 2.75) is 104 Å². The number of likely N-dealkylation sites (tertiary alicyclic amines) is 3. The summed E-state index contributed by atoms with van der Waals surface area (Å²) in [6, 6.07) is 51.7. The smallest absolute Gasteiger partial charge is 0.239 e. The molecular formula is C80H96N28O9S4. The number of H-pyrrole nitrogens is 4. The molecule has 8 heterocycles. The third-order valence-corrected chi connectivity index (χ3v) is 25.3. The average molecular weight is 1720 g/mol. The molecule has 4 aromatic heterocycles. The number of rotatable bonds is 27. The molecule has 12 aromatic rings. The van der Waals surface area contributed by atoms with E-state index >= 15 is 0 Å². The third-order valence-electron chi connectivity index (χ3n) is 21.5. The van der Waals surface area contributed by atoms with Crippen LogP contribution in [0.2, 0.25) is 0 Å². The first kappa shape index (κ1) is 87.1. The zero-order chi connectivity index (χ0) is 85.4. The SMILES string of the molecule is CC(C)C1CCN(Cc2ccc(-c3cccc(S(N)(=O)=O)c3-c3nn[nH]n3)cc2)C1.CCN1CCC(NCc2ccc(-c3cccc(S(N)(=O)=O)c3-c3nn[nH]n3)cc2)CC1.CN1CCC(NCc2ccc(-c3cccc(S(N)(=O)=O)c3-c3nn[nH]n3)cc2)C1=O.NS(=O)(=O)c1cccc(-c2ccc(CNCCN3C=CNC3)cc2)c1-c1nn[nH]n1. The largest absolute Gasteiger partial charge is 0.373 e. The molecule has 0 radical (unpaired) electrons. The molecule has 37 nitrogen and oxygen atoms in total. The van der Waals surface area contributed by atoms with Gasteiger partial charge in [0.15, 0.2) is 0 Å². The summed E-state index contributed by atoms with van der Waals surface area (Å²) in [6.07, 6.45) is 8.35. The maximum Gasteiger partial charge on any atom is 0.239 e. The van der Waals surface area contributed by atoms with Gasteiger partial charge in [-0.2, -0.15) is 20.9 Å². The Labute approximate surface area is 700 Å². The van der Waals surface area contributed by atoms with Crippen molar-refractivity contribution >= 4 is 46.0 Å². The number of primary sulfonamides is 4. The Morgan fingerprint density at radius 1 is 0.455 bits per heavy atom. The second-order valence-electron chi connectivity index (χ2n) is 29.9. The summed E-state index contributed by atoms with van der Waals surface area (Å²) in [5.74, 6) is 2.28. The number of hydrogen-bond donors (Lipinski definition) is 12. The fourth-order valence-electron chi connectivity index (χ4n) is 15.0. The summed E-state index contributed by atoms with van der Waals surface area (Å²) in [5, 5.41) is 90.5. The van der Waals surface area contributed by atoms with E-state index in [9.17, 15) is 38.5 Å². The molecule has 16 rings (SSSR count). The van der Waals surface area contributed by atoms with E-state index in [2.05, 4.69) is 151 Å². The lowest BCUT2D eigenvalue weighted by Gasteiger charge is -2.31. The average Bonchev–Trinajstić information content (AvgIpc) is 1.69. The van der Waals surface area contributed by atoms with E-state index in [1.165, 1.54) is 54.7 Å². The van der Waals surface area contributed by atoms with Crippen LogP contribution < -0.4 is 41.8 Å². The van der Waals surface area contributed by atoms with E-state index < -0.39 is 40.1 Å². The van der Waals surface area contributed by atoms with Gasteiger partial charge in [0.25, 0.3) is 0 Å². The highest BCUT2D eigenvalue weighted by molar-refractivity contribution is 7.90. The van der Waals surface area contributed by atoms with Crippen LogP contribution in [-0.2, 0) is 71.1 Å². The predicted molar refractivity (Wildman–Crippen MR) is 454 cm³/mol. The lowest BCUT2D eigenvalue weighted by atomic mass is 9.95. The van der Waals surface area contributed by atoms with Crippen LogP contribution in [0.3, 0.4) is 0 Å². The van der Waals surface area contributed by atoms with E-state index in [4.69, 9.17) is 20.6 Å². The molecule has 0 bridgehead atoms. The molecule has 0 saturated carbocycles. The molecule has 0 spiro atoms. The highest BCUT2D eigenvalue weighted by atomic mass is 32.2. The van der Waals surface area contributed by atoms with Crippen molar-refractivity contribution in [1.82, 2.24) is 123 Å². The molecule has 634 valence electrons. The third kappa shape index (κ3) is 22.3. The summed E-state index contributed by atoms with van der Waals surface area (Å²) in [4.78, 5) is 20.7. The van der Waals surface area contributed by atoms with Crippen molar-refractivity contribution < 1.29 is 38.5 Å². The quantitative estimate of drug-likeness (QED) is 0.0282. The standard InChI is InChI=1S/C21H27N7O2S.C21H26N6O2S.C19H22N8O2S.C19H21N7O3S/c1-2-28-12-10-17(11-13-28)23-14-15-6-8-16(9-7-15)18-4-3-5-19(31(22,29)30)20(18)21-24-26-27-25-21;1-14(2)17-10-11-27(13-17)12-15-6-8-16(9-7-15)18-4-3-5-19(30(22,28)29)20(18)21-23-25-26-24-21;20-30(28,29)17-3-1-2-16(18(17)19-23-25-26-24-19)15-6-4-14(5-7-15)12-21-8-10-27-11-9-22-13-27;1-26-10-9-15(19(26)27)21-11-12-5-7-13(8-6-12)14-3-2-4-16(30(20,28)29)17(14)18-22-24-25-23-18/h3-9,17,23H,2,10-14H2,1H3,(H2,22,29,30)(H,24,25,26,27);3-9,14,17H,10-13H2,1-2H3,(H2,22,28,29)(H,23,24,25,26);1-7,9,11,21-22H,8,10,12-13H2,(H2,20,28,29)(H,23,24,25,26);2-8,15,21H,9-11H2,1H3,(H2,20,28,29)(H,22,23,24,25). The zero-order valence-electron chi connectivity index (χ0n) is 66.9. The number of amides is 1. The second-order valence-corrected chi connectivity index (χ2v) is 36.0. The fourth-order valence-corrected chi connectivity index (χ4v) is 18.0. The Balaban J connectivity index is 0.000000139. The van der Waals surface area contributed by atoms with Gasteiger partial charge in [-0.1, -0.05) is 166 Å². The molecule has 3 saturated heterocycles. The first-order valence-electron chi connectivity index (χ1n) is 39.1. The maximum atomic E-state index is 12.1. The Kier molecular flexibility index (Phi) is 28.2. The number of carbonyl (C=O) groups is 1. The molecule has 3 fully saturated rings. The van der Waals surface area contributed by atoms with Gasteiger partial charge in [0.2, 0.25) is 69.3 Å². The van der Waals surface area contributed by atoms with E-state index in [1.54, 1.807) is 42.3 Å². The van der Waals surface area contributed by atoms with Gasteiger partial charge in [0.05, 0.1) is 54.5 Å². The minimum Gasteiger partial charge on any atom is -0.373 e. The van der Waals surface area contributed by atoms with E-state index in [0.29, 0.717) is 63.0 Å². The van der Waals surface area contributed by atoms with Gasteiger partial charge >= 0.3 is 0 Å².